The number of aromatic nitrogens is 2. The number of carbonyl (C=O) groups is 1. The number of nitrogens with one attached hydrogen (secondary N) is 1. The SMILES string of the molecule is Cc1ccc(NCC(=O)c2c(N)n(CC(C)C)c(=O)n(C)c2=O)cc1C. The average Bonchev–Trinajstić information content (AvgIpc) is 2.58. The number of ketones is 1. The quantitative estimate of drug-likeness (QED) is 0.766. The summed E-state index contributed by atoms with van der Waals surface area (Å²) in [6.07, 6.45) is 0. The lowest BCUT2D eigenvalue weighted by Gasteiger charge is -2.16. The number of Topliss-reactive ketones (excluding diaryl/α,β-unsaturated/α-hetero) is 1. The molecule has 1 aromatic heterocycles. The summed E-state index contributed by atoms with van der Waals surface area (Å²) in [6, 6.07) is 5.76. The second-order valence-electron chi connectivity index (χ2n) is 6.99. The molecular weight excluding hydrogens is 332 g/mol. The number of nitrogen functional groups attached to an aromatic ring is 1. The Morgan fingerprint density at radius 3 is 2.42 bits per heavy atom. The van der Waals surface area contributed by atoms with E-state index >= 15 is 0 Å². The Balaban J connectivity index is 2.36. The first-order valence-electron chi connectivity index (χ1n) is 8.57. The van der Waals surface area contributed by atoms with Crippen LogP contribution in [-0.4, -0.2) is 21.5 Å². The van der Waals surface area contributed by atoms with E-state index in [1.807, 2.05) is 45.9 Å². The Hall–Kier alpha value is -2.83. The Labute approximate surface area is 152 Å². The molecule has 0 spiro atoms. The molecule has 0 aliphatic heterocycles. The minimum absolute atomic E-state index is 0.0707. The van der Waals surface area contributed by atoms with Gasteiger partial charge in [0.15, 0.2) is 5.78 Å². The molecule has 7 heteroatoms. The molecule has 0 aliphatic carbocycles. The van der Waals surface area contributed by atoms with Gasteiger partial charge in [0.05, 0.1) is 6.54 Å². The van der Waals surface area contributed by atoms with Crippen molar-refractivity contribution >= 4 is 17.3 Å². The first kappa shape index (κ1) is 19.5. The van der Waals surface area contributed by atoms with E-state index in [1.165, 1.54) is 11.6 Å². The minimum atomic E-state index is -0.667. The fraction of sp³-hybridized carbons (Fsp3) is 0.421. The molecule has 0 fully saturated rings. The number of nitrogens with zero attached hydrogens (tertiary/aromatic N) is 2. The van der Waals surface area contributed by atoms with Gasteiger partial charge in [-0.1, -0.05) is 19.9 Å². The number of hydrogen-bond donors (Lipinski definition) is 2. The number of rotatable bonds is 6. The smallest absolute Gasteiger partial charge is 0.332 e. The van der Waals surface area contributed by atoms with Crippen LogP contribution in [0.3, 0.4) is 0 Å². The van der Waals surface area contributed by atoms with E-state index in [1.54, 1.807) is 0 Å². The normalized spacial score (nSPS) is 11.0. The summed E-state index contributed by atoms with van der Waals surface area (Å²) in [5.41, 5.74) is 7.73. The highest BCUT2D eigenvalue weighted by Gasteiger charge is 2.21. The molecule has 0 saturated carbocycles. The molecule has 0 bridgehead atoms. The Morgan fingerprint density at radius 2 is 1.85 bits per heavy atom. The maximum Gasteiger partial charge on any atom is 0.332 e. The van der Waals surface area contributed by atoms with Gasteiger partial charge in [-0.15, -0.1) is 0 Å². The molecule has 0 unspecified atom stereocenters. The third-order valence-electron chi connectivity index (χ3n) is 4.37. The third kappa shape index (κ3) is 3.87. The number of aryl methyl sites for hydroxylation is 2. The van der Waals surface area contributed by atoms with E-state index in [9.17, 15) is 14.4 Å². The van der Waals surface area contributed by atoms with Crippen molar-refractivity contribution in [3.63, 3.8) is 0 Å². The molecule has 1 heterocycles. The van der Waals surface area contributed by atoms with Gasteiger partial charge < -0.3 is 11.1 Å². The summed E-state index contributed by atoms with van der Waals surface area (Å²) in [5.74, 6) is -0.373. The van der Waals surface area contributed by atoms with Crippen molar-refractivity contribution in [1.29, 1.82) is 0 Å². The topological polar surface area (TPSA) is 99.1 Å². The van der Waals surface area contributed by atoms with Crippen LogP contribution in [0, 0.1) is 19.8 Å². The zero-order valence-corrected chi connectivity index (χ0v) is 15.9. The van der Waals surface area contributed by atoms with Crippen LogP contribution in [0.25, 0.3) is 0 Å². The van der Waals surface area contributed by atoms with E-state index < -0.39 is 17.0 Å². The van der Waals surface area contributed by atoms with Gasteiger partial charge >= 0.3 is 5.69 Å². The molecular formula is C19H26N4O3. The van der Waals surface area contributed by atoms with Crippen molar-refractivity contribution in [3.8, 4) is 0 Å². The standard InChI is InChI=1S/C19H26N4O3/c1-11(2)10-23-17(20)16(18(25)22(5)19(23)26)15(24)9-21-14-7-6-12(3)13(4)8-14/h6-8,11,21H,9-10,20H2,1-5H3. The zero-order chi connectivity index (χ0) is 19.6. The maximum atomic E-state index is 12.6. The highest BCUT2D eigenvalue weighted by molar-refractivity contribution is 6.02. The third-order valence-corrected chi connectivity index (χ3v) is 4.37. The second kappa shape index (κ2) is 7.59. The van der Waals surface area contributed by atoms with Gasteiger partial charge in [-0.3, -0.25) is 18.7 Å². The monoisotopic (exact) mass is 358 g/mol. The Kier molecular flexibility index (Phi) is 5.69. The van der Waals surface area contributed by atoms with Crippen molar-refractivity contribution in [2.45, 2.75) is 34.2 Å². The van der Waals surface area contributed by atoms with E-state index in [-0.39, 0.29) is 23.8 Å². The lowest BCUT2D eigenvalue weighted by atomic mass is 10.1. The average molecular weight is 358 g/mol. The first-order valence-corrected chi connectivity index (χ1v) is 8.57. The van der Waals surface area contributed by atoms with Crippen LogP contribution in [0.15, 0.2) is 27.8 Å². The van der Waals surface area contributed by atoms with Gasteiger partial charge in [-0.2, -0.15) is 0 Å². The second-order valence-corrected chi connectivity index (χ2v) is 6.99. The van der Waals surface area contributed by atoms with Crippen LogP contribution in [0.1, 0.15) is 35.3 Å². The number of anilines is 2. The van der Waals surface area contributed by atoms with Gasteiger partial charge in [-0.05, 0) is 43.0 Å². The molecule has 2 rings (SSSR count). The summed E-state index contributed by atoms with van der Waals surface area (Å²) in [4.78, 5) is 37.4. The number of carbonyl (C=O) groups excluding carboxylic acids is 1. The molecule has 0 saturated heterocycles. The summed E-state index contributed by atoms with van der Waals surface area (Å²) < 4.78 is 2.22. The number of benzene rings is 1. The van der Waals surface area contributed by atoms with Gasteiger partial charge in [0.2, 0.25) is 0 Å². The van der Waals surface area contributed by atoms with Crippen LogP contribution in [0.5, 0.6) is 0 Å². The van der Waals surface area contributed by atoms with E-state index in [4.69, 9.17) is 5.73 Å². The maximum absolute atomic E-state index is 12.6. The van der Waals surface area contributed by atoms with Gasteiger partial charge in [-0.25, -0.2) is 4.79 Å². The van der Waals surface area contributed by atoms with Crippen LogP contribution in [-0.2, 0) is 13.6 Å². The predicted octanol–water partition coefficient (Wildman–Crippen LogP) is 1.70. The molecule has 140 valence electrons. The molecule has 2 aromatic rings. The Bertz CT molecular complexity index is 954. The van der Waals surface area contributed by atoms with Crippen molar-refractivity contribution in [2.24, 2.45) is 13.0 Å². The van der Waals surface area contributed by atoms with Crippen molar-refractivity contribution in [3.05, 3.63) is 55.7 Å². The molecule has 3 N–H and O–H groups in total. The highest BCUT2D eigenvalue weighted by Crippen LogP contribution is 2.15. The highest BCUT2D eigenvalue weighted by atomic mass is 16.2. The van der Waals surface area contributed by atoms with Gasteiger partial charge in [0, 0.05) is 19.3 Å². The van der Waals surface area contributed by atoms with Crippen LogP contribution in [0.4, 0.5) is 11.5 Å². The van der Waals surface area contributed by atoms with Crippen LogP contribution >= 0.6 is 0 Å². The van der Waals surface area contributed by atoms with E-state index in [0.29, 0.717) is 6.54 Å². The molecule has 0 aliphatic rings. The molecule has 26 heavy (non-hydrogen) atoms. The number of hydrogen-bond acceptors (Lipinski definition) is 5. The van der Waals surface area contributed by atoms with Gasteiger partial charge in [0.1, 0.15) is 11.4 Å². The van der Waals surface area contributed by atoms with Crippen LogP contribution in [0.2, 0.25) is 0 Å². The van der Waals surface area contributed by atoms with Crippen molar-refractivity contribution in [1.82, 2.24) is 9.13 Å². The zero-order valence-electron chi connectivity index (χ0n) is 15.9. The van der Waals surface area contributed by atoms with E-state index in [2.05, 4.69) is 5.32 Å². The van der Waals surface area contributed by atoms with Crippen LogP contribution < -0.4 is 22.3 Å². The molecule has 0 amide bonds. The fourth-order valence-corrected chi connectivity index (χ4v) is 2.71. The molecule has 0 radical (unpaired) electrons. The molecule has 7 nitrogen and oxygen atoms in total. The summed E-state index contributed by atoms with van der Waals surface area (Å²) in [5, 5.41) is 3.02. The molecule has 1 aromatic carbocycles. The van der Waals surface area contributed by atoms with Gasteiger partial charge in [0.25, 0.3) is 5.56 Å². The lowest BCUT2D eigenvalue weighted by Crippen LogP contribution is -2.43. The first-order chi connectivity index (χ1) is 12.1. The lowest BCUT2D eigenvalue weighted by molar-refractivity contribution is 0.100. The predicted molar refractivity (Wildman–Crippen MR) is 104 cm³/mol. The number of nitrogens with two attached hydrogens (primary N) is 1. The van der Waals surface area contributed by atoms with Crippen molar-refractivity contribution in [2.75, 3.05) is 17.6 Å². The summed E-state index contributed by atoms with van der Waals surface area (Å²) in [6.45, 7) is 8.11. The summed E-state index contributed by atoms with van der Waals surface area (Å²) >= 11 is 0. The fourth-order valence-electron chi connectivity index (χ4n) is 2.71. The van der Waals surface area contributed by atoms with Crippen molar-refractivity contribution < 1.29 is 4.79 Å². The Morgan fingerprint density at radius 1 is 1.19 bits per heavy atom. The molecule has 0 atom stereocenters. The summed E-state index contributed by atoms with van der Waals surface area (Å²) in [7, 11) is 1.36. The minimum Gasteiger partial charge on any atom is -0.384 e. The largest absolute Gasteiger partial charge is 0.384 e. The van der Waals surface area contributed by atoms with E-state index in [0.717, 1.165) is 21.4 Å².